The standard InChI is InChI=1S/C13H17N3O/c1-11-3-2-4-12(16-11)15-10-13(9-14)5-7-17-8-6-13/h2-4H,5-8,10H2,1H3,(H,15,16). The van der Waals surface area contributed by atoms with E-state index in [9.17, 15) is 5.26 Å². The first-order valence-corrected chi connectivity index (χ1v) is 5.91. The molecule has 0 spiro atoms. The number of hydrogen-bond acceptors (Lipinski definition) is 4. The van der Waals surface area contributed by atoms with Crippen LogP contribution in [0.5, 0.6) is 0 Å². The van der Waals surface area contributed by atoms with Crippen molar-refractivity contribution in [3.8, 4) is 6.07 Å². The molecule has 1 fully saturated rings. The number of nitriles is 1. The van der Waals surface area contributed by atoms with Crippen molar-refractivity contribution in [3.63, 3.8) is 0 Å². The average molecular weight is 231 g/mol. The second-order valence-corrected chi connectivity index (χ2v) is 4.52. The van der Waals surface area contributed by atoms with Crippen molar-refractivity contribution in [3.05, 3.63) is 23.9 Å². The van der Waals surface area contributed by atoms with Crippen molar-refractivity contribution in [2.75, 3.05) is 25.1 Å². The molecular weight excluding hydrogens is 214 g/mol. The minimum atomic E-state index is -0.302. The molecule has 1 aliphatic rings. The van der Waals surface area contributed by atoms with Gasteiger partial charge < -0.3 is 10.1 Å². The van der Waals surface area contributed by atoms with Crippen molar-refractivity contribution in [2.24, 2.45) is 5.41 Å². The van der Waals surface area contributed by atoms with E-state index < -0.39 is 0 Å². The van der Waals surface area contributed by atoms with E-state index >= 15 is 0 Å². The van der Waals surface area contributed by atoms with Crippen molar-refractivity contribution in [1.29, 1.82) is 5.26 Å². The summed E-state index contributed by atoms with van der Waals surface area (Å²) in [6.07, 6.45) is 1.59. The topological polar surface area (TPSA) is 57.9 Å². The first-order chi connectivity index (χ1) is 8.24. The third-order valence-corrected chi connectivity index (χ3v) is 3.18. The van der Waals surface area contributed by atoms with Crippen LogP contribution in [0.2, 0.25) is 0 Å². The third kappa shape index (κ3) is 2.95. The highest BCUT2D eigenvalue weighted by atomic mass is 16.5. The molecule has 0 bridgehead atoms. The van der Waals surface area contributed by atoms with Gasteiger partial charge in [0.2, 0.25) is 0 Å². The Morgan fingerprint density at radius 3 is 2.88 bits per heavy atom. The highest BCUT2D eigenvalue weighted by Crippen LogP contribution is 2.29. The van der Waals surface area contributed by atoms with Crippen molar-refractivity contribution in [2.45, 2.75) is 19.8 Å². The molecule has 0 amide bonds. The second-order valence-electron chi connectivity index (χ2n) is 4.52. The lowest BCUT2D eigenvalue weighted by molar-refractivity contribution is 0.0455. The quantitative estimate of drug-likeness (QED) is 0.865. The van der Waals surface area contributed by atoms with E-state index in [4.69, 9.17) is 4.74 Å². The Kier molecular flexibility index (Phi) is 3.60. The molecular formula is C13H17N3O. The number of hydrogen-bond donors (Lipinski definition) is 1. The average Bonchev–Trinajstić information content (AvgIpc) is 2.38. The van der Waals surface area contributed by atoms with E-state index in [1.165, 1.54) is 0 Å². The lowest BCUT2D eigenvalue weighted by Gasteiger charge is -2.30. The van der Waals surface area contributed by atoms with Gasteiger partial charge in [-0.3, -0.25) is 0 Å². The van der Waals surface area contributed by atoms with E-state index in [-0.39, 0.29) is 5.41 Å². The molecule has 0 radical (unpaired) electrons. The van der Waals surface area contributed by atoms with E-state index in [2.05, 4.69) is 16.4 Å². The Hall–Kier alpha value is -1.60. The number of nitrogens with one attached hydrogen (secondary N) is 1. The van der Waals surface area contributed by atoms with Crippen LogP contribution < -0.4 is 5.32 Å². The molecule has 17 heavy (non-hydrogen) atoms. The number of ether oxygens (including phenoxy) is 1. The summed E-state index contributed by atoms with van der Waals surface area (Å²) in [5.41, 5.74) is 0.678. The summed E-state index contributed by atoms with van der Waals surface area (Å²) in [4.78, 5) is 4.37. The van der Waals surface area contributed by atoms with Gasteiger partial charge >= 0.3 is 0 Å². The predicted molar refractivity (Wildman–Crippen MR) is 65.6 cm³/mol. The number of rotatable bonds is 3. The van der Waals surface area contributed by atoms with Gasteiger partial charge in [0.25, 0.3) is 0 Å². The maximum atomic E-state index is 9.31. The molecule has 1 N–H and O–H groups in total. The summed E-state index contributed by atoms with van der Waals surface area (Å²) in [5.74, 6) is 0.839. The van der Waals surface area contributed by atoms with E-state index in [0.29, 0.717) is 19.8 Å². The fraction of sp³-hybridized carbons (Fsp3) is 0.538. The molecule has 4 heteroatoms. The normalized spacial score (nSPS) is 18.4. The van der Waals surface area contributed by atoms with Gasteiger partial charge in [-0.15, -0.1) is 0 Å². The molecule has 90 valence electrons. The molecule has 1 saturated heterocycles. The van der Waals surface area contributed by atoms with Crippen molar-refractivity contribution < 1.29 is 4.74 Å². The van der Waals surface area contributed by atoms with Gasteiger partial charge in [-0.1, -0.05) is 6.07 Å². The SMILES string of the molecule is Cc1cccc(NCC2(C#N)CCOCC2)n1. The maximum absolute atomic E-state index is 9.31. The molecule has 0 aromatic carbocycles. The second kappa shape index (κ2) is 5.15. The summed E-state index contributed by atoms with van der Waals surface area (Å²) in [7, 11) is 0. The van der Waals surface area contributed by atoms with Crippen LogP contribution in [0.25, 0.3) is 0 Å². The van der Waals surface area contributed by atoms with Crippen LogP contribution in [0.3, 0.4) is 0 Å². The van der Waals surface area contributed by atoms with Crippen molar-refractivity contribution >= 4 is 5.82 Å². The van der Waals surface area contributed by atoms with Crippen LogP contribution >= 0.6 is 0 Å². The first kappa shape index (κ1) is 11.9. The van der Waals surface area contributed by atoms with Crippen LogP contribution in [-0.4, -0.2) is 24.7 Å². The van der Waals surface area contributed by atoms with Crippen molar-refractivity contribution in [1.82, 2.24) is 4.98 Å². The largest absolute Gasteiger partial charge is 0.381 e. The van der Waals surface area contributed by atoms with Gasteiger partial charge in [0.15, 0.2) is 0 Å². The molecule has 0 saturated carbocycles. The Bertz CT molecular complexity index is 419. The summed E-state index contributed by atoms with van der Waals surface area (Å²) < 4.78 is 5.30. The molecule has 4 nitrogen and oxygen atoms in total. The van der Waals surface area contributed by atoms with Crippen LogP contribution in [0.4, 0.5) is 5.82 Å². The maximum Gasteiger partial charge on any atom is 0.126 e. The van der Waals surface area contributed by atoms with Gasteiger partial charge in [-0.25, -0.2) is 4.98 Å². The number of aryl methyl sites for hydroxylation is 1. The minimum absolute atomic E-state index is 0.302. The molecule has 0 unspecified atom stereocenters. The summed E-state index contributed by atoms with van der Waals surface area (Å²) in [6.45, 7) is 3.95. The number of anilines is 1. The summed E-state index contributed by atoms with van der Waals surface area (Å²) >= 11 is 0. The van der Waals surface area contributed by atoms with Gasteiger partial charge in [0.05, 0.1) is 11.5 Å². The molecule has 1 aliphatic heterocycles. The number of pyridine rings is 1. The van der Waals surface area contributed by atoms with Gasteiger partial charge in [-0.05, 0) is 31.9 Å². The zero-order valence-electron chi connectivity index (χ0n) is 10.1. The summed E-state index contributed by atoms with van der Waals surface area (Å²) in [6, 6.07) is 8.28. The predicted octanol–water partition coefficient (Wildman–Crippen LogP) is 2.12. The first-order valence-electron chi connectivity index (χ1n) is 5.91. The lowest BCUT2D eigenvalue weighted by Crippen LogP contribution is -2.34. The molecule has 2 rings (SSSR count). The highest BCUT2D eigenvalue weighted by Gasteiger charge is 2.32. The molecule has 0 atom stereocenters. The molecule has 2 heterocycles. The third-order valence-electron chi connectivity index (χ3n) is 3.18. The van der Waals surface area contributed by atoms with Gasteiger partial charge in [-0.2, -0.15) is 5.26 Å². The lowest BCUT2D eigenvalue weighted by atomic mass is 9.82. The number of aromatic nitrogens is 1. The zero-order chi connectivity index (χ0) is 12.1. The van der Waals surface area contributed by atoms with E-state index in [0.717, 1.165) is 24.4 Å². The number of nitrogens with zero attached hydrogens (tertiary/aromatic N) is 2. The smallest absolute Gasteiger partial charge is 0.126 e. The highest BCUT2D eigenvalue weighted by molar-refractivity contribution is 5.36. The van der Waals surface area contributed by atoms with Crippen LogP contribution in [0.15, 0.2) is 18.2 Å². The summed E-state index contributed by atoms with van der Waals surface area (Å²) in [5, 5.41) is 12.6. The van der Waals surface area contributed by atoms with E-state index in [1.807, 2.05) is 25.1 Å². The van der Waals surface area contributed by atoms with E-state index in [1.54, 1.807) is 0 Å². The van der Waals surface area contributed by atoms with Gasteiger partial charge in [0, 0.05) is 25.5 Å². The molecule has 1 aromatic rings. The minimum Gasteiger partial charge on any atom is -0.381 e. The zero-order valence-corrected chi connectivity index (χ0v) is 10.1. The fourth-order valence-corrected chi connectivity index (χ4v) is 1.99. The Morgan fingerprint density at radius 2 is 2.24 bits per heavy atom. The van der Waals surface area contributed by atoms with Crippen LogP contribution in [-0.2, 0) is 4.74 Å². The van der Waals surface area contributed by atoms with Gasteiger partial charge in [0.1, 0.15) is 5.82 Å². The Labute approximate surface area is 102 Å². The molecule has 1 aromatic heterocycles. The Balaban J connectivity index is 1.98. The van der Waals surface area contributed by atoms with Crippen LogP contribution in [0, 0.1) is 23.7 Å². The monoisotopic (exact) mass is 231 g/mol. The molecule has 0 aliphatic carbocycles. The fourth-order valence-electron chi connectivity index (χ4n) is 1.99. The van der Waals surface area contributed by atoms with Crippen LogP contribution in [0.1, 0.15) is 18.5 Å². The Morgan fingerprint density at radius 1 is 1.47 bits per heavy atom.